The number of benzene rings is 3. The molecular weight excluding hydrogens is 482 g/mol. The number of unbranched alkanes of at least 4 members (excludes halogenated alkanes) is 2. The summed E-state index contributed by atoms with van der Waals surface area (Å²) in [4.78, 5) is 18.5. The second-order valence-electron chi connectivity index (χ2n) is 10.4. The van der Waals surface area contributed by atoms with Gasteiger partial charge in [-0.25, -0.2) is 4.79 Å². The van der Waals surface area contributed by atoms with Gasteiger partial charge in [-0.15, -0.1) is 0 Å². The van der Waals surface area contributed by atoms with Crippen LogP contribution in [0, 0.1) is 0 Å². The second-order valence-corrected chi connectivity index (χ2v) is 10.4. The zero-order valence-corrected chi connectivity index (χ0v) is 23.5. The van der Waals surface area contributed by atoms with Gasteiger partial charge >= 0.3 is 6.03 Å². The molecule has 0 aliphatic carbocycles. The number of para-hydroxylation sites is 2. The van der Waals surface area contributed by atoms with Gasteiger partial charge in [0.05, 0.1) is 12.8 Å². The SMILES string of the molecule is CCCCC/C(=C\c1ccccc1)CN(C(=O)Nc1ccccc1OC)C1CCN(Cc2ccccc2)CC1. The number of carbonyl (C=O) groups is 1. The number of likely N-dealkylation sites (tertiary alicyclic amines) is 1. The van der Waals surface area contributed by atoms with Gasteiger partial charge in [-0.2, -0.15) is 0 Å². The minimum Gasteiger partial charge on any atom is -0.495 e. The van der Waals surface area contributed by atoms with Gasteiger partial charge in [0.1, 0.15) is 5.75 Å². The number of hydrogen-bond donors (Lipinski definition) is 1. The van der Waals surface area contributed by atoms with E-state index in [0.29, 0.717) is 18.0 Å². The first-order chi connectivity index (χ1) is 19.2. The number of piperidine rings is 1. The van der Waals surface area contributed by atoms with Crippen molar-refractivity contribution in [3.05, 3.63) is 102 Å². The Morgan fingerprint density at radius 1 is 0.949 bits per heavy atom. The van der Waals surface area contributed by atoms with Gasteiger partial charge in [-0.1, -0.05) is 104 Å². The summed E-state index contributed by atoms with van der Waals surface area (Å²) in [6, 6.07) is 28.9. The Bertz CT molecular complexity index is 1170. The van der Waals surface area contributed by atoms with Crippen LogP contribution in [-0.2, 0) is 6.54 Å². The molecule has 0 spiro atoms. The van der Waals surface area contributed by atoms with Gasteiger partial charge < -0.3 is 15.0 Å². The van der Waals surface area contributed by atoms with Crippen molar-refractivity contribution in [2.75, 3.05) is 32.1 Å². The minimum absolute atomic E-state index is 0.0598. The first-order valence-electron chi connectivity index (χ1n) is 14.4. The largest absolute Gasteiger partial charge is 0.495 e. The molecule has 39 heavy (non-hydrogen) atoms. The molecule has 4 rings (SSSR count). The summed E-state index contributed by atoms with van der Waals surface area (Å²) in [5.74, 6) is 0.673. The fourth-order valence-electron chi connectivity index (χ4n) is 5.34. The predicted molar refractivity (Wildman–Crippen MR) is 162 cm³/mol. The first kappa shape index (κ1) is 28.4. The molecule has 1 aliphatic heterocycles. The van der Waals surface area contributed by atoms with E-state index < -0.39 is 0 Å². The van der Waals surface area contributed by atoms with Crippen LogP contribution in [0.5, 0.6) is 5.75 Å². The number of anilines is 1. The summed E-state index contributed by atoms with van der Waals surface area (Å²) in [5, 5.41) is 3.17. The van der Waals surface area contributed by atoms with Crippen LogP contribution < -0.4 is 10.1 Å². The lowest BCUT2D eigenvalue weighted by Gasteiger charge is -2.39. The third kappa shape index (κ3) is 8.72. The molecule has 1 aliphatic rings. The van der Waals surface area contributed by atoms with E-state index in [4.69, 9.17) is 4.74 Å². The molecule has 1 heterocycles. The molecular formula is C34H43N3O2. The van der Waals surface area contributed by atoms with E-state index in [2.05, 4.69) is 82.7 Å². The van der Waals surface area contributed by atoms with Gasteiger partial charge in [0.2, 0.25) is 0 Å². The fourth-order valence-corrected chi connectivity index (χ4v) is 5.34. The van der Waals surface area contributed by atoms with Crippen LogP contribution in [0.2, 0.25) is 0 Å². The van der Waals surface area contributed by atoms with Crippen molar-refractivity contribution in [3.63, 3.8) is 0 Å². The Morgan fingerprint density at radius 3 is 2.31 bits per heavy atom. The molecule has 0 unspecified atom stereocenters. The van der Waals surface area contributed by atoms with Crippen LogP contribution in [-0.4, -0.2) is 48.6 Å². The van der Waals surface area contributed by atoms with Crippen LogP contribution in [0.15, 0.2) is 90.5 Å². The van der Waals surface area contributed by atoms with Crippen molar-refractivity contribution < 1.29 is 9.53 Å². The third-order valence-corrected chi connectivity index (χ3v) is 7.50. The standard InChI is InChI=1S/C34H43N3O2/c1-3-4-7-18-30(25-28-14-8-5-9-15-28)27-37(34(38)35-32-19-12-13-20-33(32)39-2)31-21-23-36(24-22-31)26-29-16-10-6-11-17-29/h5-6,8-17,19-20,25,31H,3-4,7,18,21-24,26-27H2,1-2H3,(H,35,38)/b30-25+. The van der Waals surface area contributed by atoms with Gasteiger partial charge in [0.25, 0.3) is 0 Å². The minimum atomic E-state index is -0.0598. The van der Waals surface area contributed by atoms with Crippen molar-refractivity contribution in [2.24, 2.45) is 0 Å². The van der Waals surface area contributed by atoms with Crippen molar-refractivity contribution in [1.29, 1.82) is 0 Å². The van der Waals surface area contributed by atoms with Crippen molar-refractivity contribution in [3.8, 4) is 5.75 Å². The third-order valence-electron chi connectivity index (χ3n) is 7.50. The molecule has 0 radical (unpaired) electrons. The van der Waals surface area contributed by atoms with Crippen molar-refractivity contribution in [2.45, 2.75) is 58.0 Å². The summed E-state index contributed by atoms with van der Waals surface area (Å²) in [6.45, 7) is 5.77. The predicted octanol–water partition coefficient (Wildman–Crippen LogP) is 7.86. The molecule has 1 fully saturated rings. The maximum Gasteiger partial charge on any atom is 0.322 e. The van der Waals surface area contributed by atoms with Crippen LogP contribution in [0.1, 0.15) is 56.6 Å². The van der Waals surface area contributed by atoms with Gasteiger partial charge in [-0.3, -0.25) is 4.90 Å². The van der Waals surface area contributed by atoms with Crippen molar-refractivity contribution >= 4 is 17.8 Å². The second kappa shape index (κ2) is 15.1. The smallest absolute Gasteiger partial charge is 0.322 e. The highest BCUT2D eigenvalue weighted by atomic mass is 16.5. The topological polar surface area (TPSA) is 44.8 Å². The zero-order valence-electron chi connectivity index (χ0n) is 23.5. The maximum absolute atomic E-state index is 13.9. The molecule has 0 saturated carbocycles. The number of hydrogen-bond acceptors (Lipinski definition) is 3. The number of nitrogens with zero attached hydrogens (tertiary/aromatic N) is 2. The number of amides is 2. The molecule has 0 bridgehead atoms. The summed E-state index contributed by atoms with van der Waals surface area (Å²) in [6.07, 6.45) is 8.69. The number of methoxy groups -OCH3 is 1. The lowest BCUT2D eigenvalue weighted by molar-refractivity contribution is 0.128. The highest BCUT2D eigenvalue weighted by Gasteiger charge is 2.29. The monoisotopic (exact) mass is 525 g/mol. The van der Waals surface area contributed by atoms with Crippen LogP contribution >= 0.6 is 0 Å². The summed E-state index contributed by atoms with van der Waals surface area (Å²) in [5.41, 5.74) is 4.53. The molecule has 206 valence electrons. The Hall–Kier alpha value is -3.57. The van der Waals surface area contributed by atoms with E-state index >= 15 is 0 Å². The zero-order chi connectivity index (χ0) is 27.3. The highest BCUT2D eigenvalue weighted by molar-refractivity contribution is 5.91. The molecule has 5 heteroatoms. The van der Waals surface area contributed by atoms with E-state index in [9.17, 15) is 4.79 Å². The molecule has 5 nitrogen and oxygen atoms in total. The Kier molecular flexibility index (Phi) is 11.0. The average molecular weight is 526 g/mol. The fraction of sp³-hybridized carbons (Fsp3) is 0.382. The van der Waals surface area contributed by atoms with E-state index in [-0.39, 0.29) is 12.1 Å². The van der Waals surface area contributed by atoms with Crippen LogP contribution in [0.25, 0.3) is 6.08 Å². The van der Waals surface area contributed by atoms with Gasteiger partial charge in [-0.05, 0) is 48.9 Å². The van der Waals surface area contributed by atoms with E-state index in [1.54, 1.807) is 7.11 Å². The Morgan fingerprint density at radius 2 is 1.62 bits per heavy atom. The Balaban J connectivity index is 1.53. The highest BCUT2D eigenvalue weighted by Crippen LogP contribution is 2.27. The molecule has 0 aromatic heterocycles. The first-order valence-corrected chi connectivity index (χ1v) is 14.4. The molecule has 1 saturated heterocycles. The molecule has 2 amide bonds. The number of rotatable bonds is 12. The summed E-state index contributed by atoms with van der Waals surface area (Å²) >= 11 is 0. The molecule has 0 atom stereocenters. The Labute approximate surface area is 234 Å². The van der Waals surface area contributed by atoms with Crippen molar-refractivity contribution in [1.82, 2.24) is 9.80 Å². The average Bonchev–Trinajstić information content (AvgIpc) is 2.97. The van der Waals surface area contributed by atoms with Gasteiger partial charge in [0, 0.05) is 32.2 Å². The van der Waals surface area contributed by atoms with E-state index in [0.717, 1.165) is 45.3 Å². The number of carbonyl (C=O) groups excluding carboxylic acids is 1. The maximum atomic E-state index is 13.9. The quantitative estimate of drug-likeness (QED) is 0.245. The van der Waals surface area contributed by atoms with Crippen LogP contribution in [0.4, 0.5) is 10.5 Å². The summed E-state index contributed by atoms with van der Waals surface area (Å²) in [7, 11) is 1.64. The lowest BCUT2D eigenvalue weighted by Crippen LogP contribution is -2.49. The lowest BCUT2D eigenvalue weighted by atomic mass is 9.99. The molecule has 1 N–H and O–H groups in total. The normalized spacial score (nSPS) is 14.7. The number of ether oxygens (including phenoxy) is 1. The van der Waals surface area contributed by atoms with Crippen LogP contribution in [0.3, 0.4) is 0 Å². The number of nitrogens with one attached hydrogen (secondary N) is 1. The number of urea groups is 1. The van der Waals surface area contributed by atoms with E-state index in [1.807, 2.05) is 30.3 Å². The molecule has 3 aromatic rings. The summed E-state index contributed by atoms with van der Waals surface area (Å²) < 4.78 is 5.52. The van der Waals surface area contributed by atoms with Gasteiger partial charge in [0.15, 0.2) is 0 Å². The van der Waals surface area contributed by atoms with E-state index in [1.165, 1.54) is 29.5 Å². The molecule has 3 aromatic carbocycles.